The van der Waals surface area contributed by atoms with Gasteiger partial charge in [-0.3, -0.25) is 9.69 Å². The molecule has 0 unspecified atom stereocenters. The Morgan fingerprint density at radius 2 is 1.69 bits per heavy atom. The van der Waals surface area contributed by atoms with Crippen LogP contribution in [0, 0.1) is 0 Å². The molecule has 4 rings (SSSR count). The van der Waals surface area contributed by atoms with Crippen LogP contribution >= 0.6 is 0 Å². The lowest BCUT2D eigenvalue weighted by atomic mass is 9.88. The summed E-state index contributed by atoms with van der Waals surface area (Å²) in [5.74, 6) is -0.744. The number of rotatable bonds is 4. The van der Waals surface area contributed by atoms with Gasteiger partial charge in [0.2, 0.25) is 0 Å². The lowest BCUT2D eigenvalue weighted by molar-refractivity contribution is -0.131. The minimum Gasteiger partial charge on any atom is -0.465 e. The molecule has 1 N–H and O–H groups in total. The summed E-state index contributed by atoms with van der Waals surface area (Å²) in [5, 5.41) is 4.79. The standard InChI is InChI=1S/C23H20N2O4/c1-23(19-9-5-7-16-6-3-4-8-18(16)19)21(27)25(22(28)24-23)14-15-10-12-17(13-11-15)20(26)29-2/h3-13H,14H2,1-2H3,(H,24,28)/t23-/m1/s1. The Balaban J connectivity index is 1.64. The number of hydrogen-bond acceptors (Lipinski definition) is 4. The number of ether oxygens (including phenoxy) is 1. The molecule has 0 bridgehead atoms. The van der Waals surface area contributed by atoms with Gasteiger partial charge in [-0.1, -0.05) is 54.6 Å². The second kappa shape index (κ2) is 7.05. The summed E-state index contributed by atoms with van der Waals surface area (Å²) in [7, 11) is 1.32. The molecule has 146 valence electrons. The van der Waals surface area contributed by atoms with E-state index in [-0.39, 0.29) is 12.5 Å². The summed E-state index contributed by atoms with van der Waals surface area (Å²) >= 11 is 0. The van der Waals surface area contributed by atoms with Gasteiger partial charge in [0.05, 0.1) is 19.2 Å². The van der Waals surface area contributed by atoms with Crippen LogP contribution in [-0.4, -0.2) is 29.9 Å². The second-order valence-electron chi connectivity index (χ2n) is 7.16. The normalized spacial score (nSPS) is 18.8. The van der Waals surface area contributed by atoms with Crippen molar-refractivity contribution in [2.45, 2.75) is 19.0 Å². The monoisotopic (exact) mass is 388 g/mol. The van der Waals surface area contributed by atoms with Crippen LogP contribution in [0.15, 0.2) is 66.7 Å². The number of amides is 3. The van der Waals surface area contributed by atoms with E-state index in [1.165, 1.54) is 12.0 Å². The number of carbonyl (C=O) groups is 3. The van der Waals surface area contributed by atoms with Crippen LogP contribution in [0.25, 0.3) is 10.8 Å². The predicted molar refractivity (Wildman–Crippen MR) is 108 cm³/mol. The third-order valence-corrected chi connectivity index (χ3v) is 5.32. The number of methoxy groups -OCH3 is 1. The molecule has 3 amide bonds. The van der Waals surface area contributed by atoms with Crippen molar-refractivity contribution >= 4 is 28.7 Å². The van der Waals surface area contributed by atoms with Crippen molar-refractivity contribution in [3.05, 3.63) is 83.4 Å². The van der Waals surface area contributed by atoms with E-state index in [9.17, 15) is 14.4 Å². The van der Waals surface area contributed by atoms with Crippen molar-refractivity contribution in [2.24, 2.45) is 0 Å². The number of imide groups is 1. The highest BCUT2D eigenvalue weighted by atomic mass is 16.5. The van der Waals surface area contributed by atoms with Crippen LogP contribution in [0.4, 0.5) is 4.79 Å². The molecule has 0 aliphatic carbocycles. The maximum absolute atomic E-state index is 13.3. The lowest BCUT2D eigenvalue weighted by Crippen LogP contribution is -2.41. The maximum Gasteiger partial charge on any atom is 0.337 e. The van der Waals surface area contributed by atoms with E-state index in [1.54, 1.807) is 31.2 Å². The van der Waals surface area contributed by atoms with Crippen LogP contribution in [0.5, 0.6) is 0 Å². The Morgan fingerprint density at radius 1 is 1.00 bits per heavy atom. The van der Waals surface area contributed by atoms with Gasteiger partial charge in [0.15, 0.2) is 0 Å². The predicted octanol–water partition coefficient (Wildman–Crippen LogP) is 3.59. The Bertz CT molecular complexity index is 1120. The average Bonchev–Trinajstić information content (AvgIpc) is 2.97. The molecule has 0 spiro atoms. The molecule has 3 aromatic carbocycles. The minimum absolute atomic E-state index is 0.118. The number of benzene rings is 3. The van der Waals surface area contributed by atoms with Crippen molar-refractivity contribution in [3.63, 3.8) is 0 Å². The van der Waals surface area contributed by atoms with Gasteiger partial charge in [0.1, 0.15) is 5.54 Å². The van der Waals surface area contributed by atoms with E-state index >= 15 is 0 Å². The van der Waals surface area contributed by atoms with Gasteiger partial charge in [0, 0.05) is 0 Å². The van der Waals surface area contributed by atoms with E-state index in [0.717, 1.165) is 21.9 Å². The fourth-order valence-corrected chi connectivity index (χ4v) is 3.73. The summed E-state index contributed by atoms with van der Waals surface area (Å²) in [6.07, 6.45) is 0. The van der Waals surface area contributed by atoms with E-state index in [2.05, 4.69) is 10.1 Å². The summed E-state index contributed by atoms with van der Waals surface area (Å²) in [5.41, 5.74) is 0.763. The number of urea groups is 1. The first-order valence-corrected chi connectivity index (χ1v) is 9.23. The highest BCUT2D eigenvalue weighted by Gasteiger charge is 2.49. The Labute approximate surface area is 168 Å². The summed E-state index contributed by atoms with van der Waals surface area (Å²) < 4.78 is 4.69. The first-order valence-electron chi connectivity index (χ1n) is 9.23. The van der Waals surface area contributed by atoms with Crippen LogP contribution in [-0.2, 0) is 21.6 Å². The number of nitrogens with zero attached hydrogens (tertiary/aromatic N) is 1. The van der Waals surface area contributed by atoms with Gasteiger partial charge in [-0.05, 0) is 41.0 Å². The smallest absolute Gasteiger partial charge is 0.337 e. The van der Waals surface area contributed by atoms with Crippen molar-refractivity contribution in [3.8, 4) is 0 Å². The molecular weight excluding hydrogens is 368 g/mol. The SMILES string of the molecule is COC(=O)c1ccc(CN2C(=O)N[C@](C)(c3cccc4ccccc34)C2=O)cc1. The zero-order chi connectivity index (χ0) is 20.6. The van der Waals surface area contributed by atoms with Crippen molar-refractivity contribution in [1.82, 2.24) is 10.2 Å². The fourth-order valence-electron chi connectivity index (χ4n) is 3.73. The molecule has 1 atom stereocenters. The van der Waals surface area contributed by atoms with Gasteiger partial charge in [-0.15, -0.1) is 0 Å². The Morgan fingerprint density at radius 3 is 2.41 bits per heavy atom. The molecule has 0 radical (unpaired) electrons. The van der Waals surface area contributed by atoms with Crippen molar-refractivity contribution in [2.75, 3.05) is 7.11 Å². The summed E-state index contributed by atoms with van der Waals surface area (Å²) in [6.45, 7) is 1.85. The molecule has 1 fully saturated rings. The first kappa shape index (κ1) is 18.7. The number of hydrogen-bond donors (Lipinski definition) is 1. The van der Waals surface area contributed by atoms with Gasteiger partial charge < -0.3 is 10.1 Å². The summed E-state index contributed by atoms with van der Waals surface area (Å²) in [4.78, 5) is 38.7. The van der Waals surface area contributed by atoms with Crippen LogP contribution in [0.1, 0.15) is 28.4 Å². The number of fused-ring (bicyclic) bond motifs is 1. The topological polar surface area (TPSA) is 75.7 Å². The number of esters is 1. The van der Waals surface area contributed by atoms with Gasteiger partial charge in [0.25, 0.3) is 5.91 Å². The van der Waals surface area contributed by atoms with Crippen LogP contribution in [0.2, 0.25) is 0 Å². The highest BCUT2D eigenvalue weighted by Crippen LogP contribution is 2.34. The van der Waals surface area contributed by atoms with Gasteiger partial charge in [-0.25, -0.2) is 9.59 Å². The molecular formula is C23H20N2O4. The number of carbonyl (C=O) groups excluding carboxylic acids is 3. The first-order chi connectivity index (χ1) is 13.9. The molecule has 1 aliphatic heterocycles. The molecule has 1 aliphatic rings. The second-order valence-corrected chi connectivity index (χ2v) is 7.16. The van der Waals surface area contributed by atoms with E-state index < -0.39 is 17.5 Å². The van der Waals surface area contributed by atoms with Crippen molar-refractivity contribution in [1.29, 1.82) is 0 Å². The fraction of sp³-hybridized carbons (Fsp3) is 0.174. The highest BCUT2D eigenvalue weighted by molar-refractivity contribution is 6.09. The van der Waals surface area contributed by atoms with Gasteiger partial charge in [-0.2, -0.15) is 0 Å². The Hall–Kier alpha value is -3.67. The van der Waals surface area contributed by atoms with Gasteiger partial charge >= 0.3 is 12.0 Å². The van der Waals surface area contributed by atoms with Crippen LogP contribution < -0.4 is 5.32 Å². The van der Waals surface area contributed by atoms with E-state index in [4.69, 9.17) is 0 Å². The molecule has 1 heterocycles. The summed E-state index contributed by atoms with van der Waals surface area (Å²) in [6, 6.07) is 19.7. The van der Waals surface area contributed by atoms with Crippen LogP contribution in [0.3, 0.4) is 0 Å². The third-order valence-electron chi connectivity index (χ3n) is 5.32. The molecule has 0 saturated carbocycles. The Kier molecular flexibility index (Phi) is 4.54. The molecule has 3 aromatic rings. The molecule has 6 heteroatoms. The lowest BCUT2D eigenvalue weighted by Gasteiger charge is -2.24. The molecule has 6 nitrogen and oxygen atoms in total. The zero-order valence-electron chi connectivity index (χ0n) is 16.1. The molecule has 0 aromatic heterocycles. The van der Waals surface area contributed by atoms with Crippen molar-refractivity contribution < 1.29 is 19.1 Å². The largest absolute Gasteiger partial charge is 0.465 e. The molecule has 29 heavy (non-hydrogen) atoms. The average molecular weight is 388 g/mol. The quantitative estimate of drug-likeness (QED) is 0.547. The molecule has 1 saturated heterocycles. The minimum atomic E-state index is -1.15. The zero-order valence-corrected chi connectivity index (χ0v) is 16.1. The maximum atomic E-state index is 13.3. The van der Waals surface area contributed by atoms with E-state index in [0.29, 0.717) is 5.56 Å². The van der Waals surface area contributed by atoms with E-state index in [1.807, 2.05) is 42.5 Å². The third kappa shape index (κ3) is 3.12. The number of nitrogens with one attached hydrogen (secondary N) is 1.